The number of amides is 1. The smallest absolute Gasteiger partial charge is 0.328 e. The van der Waals surface area contributed by atoms with Crippen LogP contribution in [0.25, 0.3) is 0 Å². The zero-order valence-electron chi connectivity index (χ0n) is 10.7. The molecule has 1 rings (SSSR count). The second kappa shape index (κ2) is 6.19. The summed E-state index contributed by atoms with van der Waals surface area (Å²) >= 11 is 1.15. The number of thioether (sulfide) groups is 1. The second-order valence-corrected chi connectivity index (χ2v) is 5.76. The van der Waals surface area contributed by atoms with Crippen LogP contribution in [-0.4, -0.2) is 52.9 Å². The van der Waals surface area contributed by atoms with Gasteiger partial charge in [-0.05, 0) is 13.3 Å². The van der Waals surface area contributed by atoms with Gasteiger partial charge < -0.3 is 15.4 Å². The topological polar surface area (TPSA) is 89.7 Å². The third-order valence-corrected chi connectivity index (χ3v) is 3.75. The molecule has 0 aliphatic carbocycles. The van der Waals surface area contributed by atoms with Crippen LogP contribution in [0, 0.1) is 0 Å². The molecule has 102 valence electrons. The SMILES string of the molecule is COC(=O)[C@@H]1C[C@H](SC(C)=O)CN1C(=O)[C@@H](C)N. The van der Waals surface area contributed by atoms with Gasteiger partial charge in [-0.15, -0.1) is 0 Å². The van der Waals surface area contributed by atoms with E-state index in [9.17, 15) is 14.4 Å². The minimum absolute atomic E-state index is 0.0290. The zero-order valence-corrected chi connectivity index (χ0v) is 11.5. The fourth-order valence-corrected chi connectivity index (χ4v) is 2.97. The Morgan fingerprint density at radius 1 is 1.44 bits per heavy atom. The standard InChI is InChI=1S/C11H18N2O4S/c1-6(12)10(15)13-5-8(18-7(2)14)4-9(13)11(16)17-3/h6,8-9H,4-5,12H2,1-3H3/t6-,8+,9+/m1/s1. The summed E-state index contributed by atoms with van der Waals surface area (Å²) in [4.78, 5) is 36.0. The molecular formula is C11H18N2O4S. The maximum Gasteiger partial charge on any atom is 0.328 e. The van der Waals surface area contributed by atoms with E-state index in [-0.39, 0.29) is 16.3 Å². The van der Waals surface area contributed by atoms with Gasteiger partial charge in [0.1, 0.15) is 6.04 Å². The highest BCUT2D eigenvalue weighted by Gasteiger charge is 2.41. The zero-order chi connectivity index (χ0) is 13.9. The highest BCUT2D eigenvalue weighted by molar-refractivity contribution is 8.14. The molecule has 0 radical (unpaired) electrons. The summed E-state index contributed by atoms with van der Waals surface area (Å²) < 4.78 is 4.68. The van der Waals surface area contributed by atoms with Gasteiger partial charge >= 0.3 is 5.97 Å². The molecule has 3 atom stereocenters. The van der Waals surface area contributed by atoms with E-state index in [0.717, 1.165) is 11.8 Å². The average molecular weight is 274 g/mol. The highest BCUT2D eigenvalue weighted by atomic mass is 32.2. The molecule has 1 heterocycles. The number of carbonyl (C=O) groups excluding carboxylic acids is 3. The van der Waals surface area contributed by atoms with E-state index in [2.05, 4.69) is 4.74 Å². The van der Waals surface area contributed by atoms with Crippen LogP contribution in [0.5, 0.6) is 0 Å². The lowest BCUT2D eigenvalue weighted by Crippen LogP contribution is -2.47. The number of nitrogens with zero attached hydrogens (tertiary/aromatic N) is 1. The normalized spacial score (nSPS) is 24.8. The van der Waals surface area contributed by atoms with Crippen LogP contribution in [-0.2, 0) is 19.1 Å². The Hall–Kier alpha value is -1.08. The van der Waals surface area contributed by atoms with Crippen molar-refractivity contribution < 1.29 is 19.1 Å². The van der Waals surface area contributed by atoms with Crippen molar-refractivity contribution in [2.75, 3.05) is 13.7 Å². The lowest BCUT2D eigenvalue weighted by molar-refractivity contribution is -0.151. The van der Waals surface area contributed by atoms with Crippen molar-refractivity contribution in [2.45, 2.75) is 37.6 Å². The Labute approximate surface area is 110 Å². The Kier molecular flexibility index (Phi) is 5.15. The Balaban J connectivity index is 2.81. The highest BCUT2D eigenvalue weighted by Crippen LogP contribution is 2.29. The van der Waals surface area contributed by atoms with Gasteiger partial charge in [0.05, 0.1) is 13.2 Å². The van der Waals surface area contributed by atoms with Gasteiger partial charge in [-0.3, -0.25) is 9.59 Å². The molecule has 1 saturated heterocycles. The molecule has 0 unspecified atom stereocenters. The molecule has 1 amide bonds. The lowest BCUT2D eigenvalue weighted by atomic mass is 10.2. The minimum Gasteiger partial charge on any atom is -0.467 e. The van der Waals surface area contributed by atoms with Gasteiger partial charge in [-0.25, -0.2) is 4.79 Å². The van der Waals surface area contributed by atoms with E-state index in [1.165, 1.54) is 18.9 Å². The molecule has 1 fully saturated rings. The third kappa shape index (κ3) is 3.46. The number of rotatable bonds is 3. The molecule has 0 aromatic rings. The molecular weight excluding hydrogens is 256 g/mol. The number of hydrogen-bond acceptors (Lipinski definition) is 6. The molecule has 0 saturated carbocycles. The largest absolute Gasteiger partial charge is 0.467 e. The van der Waals surface area contributed by atoms with Crippen molar-refractivity contribution in [1.29, 1.82) is 0 Å². The van der Waals surface area contributed by atoms with Crippen molar-refractivity contribution in [1.82, 2.24) is 4.90 Å². The van der Waals surface area contributed by atoms with E-state index >= 15 is 0 Å². The maximum absolute atomic E-state index is 11.9. The average Bonchev–Trinajstić information content (AvgIpc) is 2.69. The Bertz CT molecular complexity index is 359. The fourth-order valence-electron chi connectivity index (χ4n) is 1.98. The van der Waals surface area contributed by atoms with Crippen LogP contribution >= 0.6 is 11.8 Å². The van der Waals surface area contributed by atoms with Crippen molar-refractivity contribution in [3.05, 3.63) is 0 Å². The number of likely N-dealkylation sites (tertiary alicyclic amines) is 1. The summed E-state index contributed by atoms with van der Waals surface area (Å²) in [5.41, 5.74) is 5.55. The number of methoxy groups -OCH3 is 1. The van der Waals surface area contributed by atoms with Gasteiger partial charge in [0.25, 0.3) is 0 Å². The minimum atomic E-state index is -0.668. The van der Waals surface area contributed by atoms with Crippen LogP contribution < -0.4 is 5.73 Å². The number of carbonyl (C=O) groups is 3. The van der Waals surface area contributed by atoms with E-state index in [1.807, 2.05) is 0 Å². The molecule has 0 aromatic carbocycles. The van der Waals surface area contributed by atoms with Gasteiger partial charge in [-0.2, -0.15) is 0 Å². The molecule has 6 nitrogen and oxygen atoms in total. The molecule has 18 heavy (non-hydrogen) atoms. The lowest BCUT2D eigenvalue weighted by Gasteiger charge is -2.24. The van der Waals surface area contributed by atoms with Crippen LogP contribution in [0.3, 0.4) is 0 Å². The van der Waals surface area contributed by atoms with Gasteiger partial charge in [0.2, 0.25) is 5.91 Å². The number of ether oxygens (including phenoxy) is 1. The van der Waals surface area contributed by atoms with Crippen LogP contribution in [0.4, 0.5) is 0 Å². The van der Waals surface area contributed by atoms with E-state index < -0.39 is 18.1 Å². The summed E-state index contributed by atoms with van der Waals surface area (Å²) in [7, 11) is 1.28. The first-order valence-corrected chi connectivity index (χ1v) is 6.56. The van der Waals surface area contributed by atoms with Crippen LogP contribution in [0.2, 0.25) is 0 Å². The molecule has 2 N–H and O–H groups in total. The van der Waals surface area contributed by atoms with Gasteiger partial charge in [0.15, 0.2) is 5.12 Å². The third-order valence-electron chi connectivity index (χ3n) is 2.74. The van der Waals surface area contributed by atoms with Crippen molar-refractivity contribution >= 4 is 28.8 Å². The predicted octanol–water partition coefficient (Wildman–Crippen LogP) is -0.244. The van der Waals surface area contributed by atoms with Crippen LogP contribution in [0.1, 0.15) is 20.3 Å². The summed E-state index contributed by atoms with van der Waals surface area (Å²) in [6.07, 6.45) is 0.426. The maximum atomic E-state index is 11.9. The van der Waals surface area contributed by atoms with Crippen LogP contribution in [0.15, 0.2) is 0 Å². The molecule has 0 bridgehead atoms. The Morgan fingerprint density at radius 3 is 2.50 bits per heavy atom. The fraction of sp³-hybridized carbons (Fsp3) is 0.727. The molecule has 1 aliphatic rings. The van der Waals surface area contributed by atoms with E-state index in [1.54, 1.807) is 6.92 Å². The Morgan fingerprint density at radius 2 is 2.06 bits per heavy atom. The first kappa shape index (κ1) is 15.0. The van der Waals surface area contributed by atoms with Gasteiger partial charge in [-0.1, -0.05) is 11.8 Å². The second-order valence-electron chi connectivity index (χ2n) is 4.29. The summed E-state index contributed by atoms with van der Waals surface area (Å²) in [5, 5.41) is -0.104. The molecule has 1 aliphatic heterocycles. The summed E-state index contributed by atoms with van der Waals surface area (Å²) in [6, 6.07) is -1.30. The summed E-state index contributed by atoms with van der Waals surface area (Å²) in [5.74, 6) is -0.757. The van der Waals surface area contributed by atoms with Crippen molar-refractivity contribution in [3.8, 4) is 0 Å². The first-order chi connectivity index (χ1) is 8.36. The molecule has 7 heteroatoms. The quantitative estimate of drug-likeness (QED) is 0.714. The first-order valence-electron chi connectivity index (χ1n) is 5.68. The van der Waals surface area contributed by atoms with Gasteiger partial charge in [0, 0.05) is 18.7 Å². The van der Waals surface area contributed by atoms with Crippen molar-refractivity contribution in [2.24, 2.45) is 5.73 Å². The number of nitrogens with two attached hydrogens (primary N) is 1. The summed E-state index contributed by atoms with van der Waals surface area (Å²) in [6.45, 7) is 3.39. The predicted molar refractivity (Wildman–Crippen MR) is 67.8 cm³/mol. The monoisotopic (exact) mass is 274 g/mol. The number of hydrogen-bond donors (Lipinski definition) is 1. The van der Waals surface area contributed by atoms with E-state index in [4.69, 9.17) is 5.73 Å². The number of esters is 1. The van der Waals surface area contributed by atoms with Crippen molar-refractivity contribution in [3.63, 3.8) is 0 Å². The molecule has 0 spiro atoms. The van der Waals surface area contributed by atoms with E-state index in [0.29, 0.717) is 13.0 Å². The molecule has 0 aromatic heterocycles.